The molecule has 1 aromatic heterocycles. The second-order valence-corrected chi connectivity index (χ2v) is 12.0. The van der Waals surface area contributed by atoms with E-state index in [1.54, 1.807) is 18.3 Å². The Hall–Kier alpha value is -4.97. The molecule has 4 aromatic rings. The minimum absolute atomic E-state index is 0.124. The lowest BCUT2D eigenvalue weighted by molar-refractivity contribution is -0.133. The van der Waals surface area contributed by atoms with Gasteiger partial charge in [0.2, 0.25) is 17.6 Å². The molecule has 12 heteroatoms. The average molecular weight is 645 g/mol. The Bertz CT molecular complexity index is 1830. The molecule has 1 saturated heterocycles. The molecule has 3 heterocycles. The highest BCUT2D eigenvalue weighted by atomic mass is 19.1. The fraction of sp³-hybridized carbons (Fsp3) is 0.343. The van der Waals surface area contributed by atoms with Gasteiger partial charge in [0.25, 0.3) is 0 Å². The predicted molar refractivity (Wildman–Crippen MR) is 169 cm³/mol. The number of rotatable bonds is 11. The van der Waals surface area contributed by atoms with Crippen molar-refractivity contribution >= 4 is 34.1 Å². The molecule has 0 spiro atoms. The van der Waals surface area contributed by atoms with Crippen molar-refractivity contribution in [1.82, 2.24) is 9.88 Å². The van der Waals surface area contributed by atoms with Crippen LogP contribution in [-0.2, 0) is 9.59 Å². The number of likely N-dealkylation sites (tertiary alicyclic amines) is 1. The molecule has 0 unspecified atom stereocenters. The van der Waals surface area contributed by atoms with E-state index < -0.39 is 28.9 Å². The molecule has 7 rings (SSSR count). The number of ether oxygens (including phenoxy) is 4. The summed E-state index contributed by atoms with van der Waals surface area (Å²) < 4.78 is 53.8. The topological polar surface area (TPSA) is 116 Å². The Kier molecular flexibility index (Phi) is 8.27. The molecule has 3 aliphatic rings. The second kappa shape index (κ2) is 12.7. The Morgan fingerprint density at radius 1 is 0.915 bits per heavy atom. The summed E-state index contributed by atoms with van der Waals surface area (Å²) in [6.07, 6.45) is 5.44. The first-order valence-corrected chi connectivity index (χ1v) is 15.8. The smallest absolute Gasteiger partial charge is 0.247 e. The van der Waals surface area contributed by atoms with E-state index in [0.717, 1.165) is 32.1 Å². The van der Waals surface area contributed by atoms with E-state index in [1.807, 2.05) is 0 Å². The molecular formula is C35H34F2N4O6. The van der Waals surface area contributed by atoms with Crippen LogP contribution in [0.3, 0.4) is 0 Å². The summed E-state index contributed by atoms with van der Waals surface area (Å²) in [7, 11) is 0. The zero-order valence-corrected chi connectivity index (χ0v) is 25.7. The van der Waals surface area contributed by atoms with E-state index in [9.17, 15) is 14.0 Å². The normalized spacial score (nSPS) is 16.6. The van der Waals surface area contributed by atoms with Crippen LogP contribution in [-0.4, -0.2) is 61.2 Å². The predicted octanol–water partition coefficient (Wildman–Crippen LogP) is 5.87. The van der Waals surface area contributed by atoms with E-state index in [-0.39, 0.29) is 35.7 Å². The van der Waals surface area contributed by atoms with Crippen molar-refractivity contribution in [3.05, 3.63) is 72.4 Å². The molecule has 0 radical (unpaired) electrons. The zero-order valence-electron chi connectivity index (χ0n) is 25.7. The van der Waals surface area contributed by atoms with E-state index in [4.69, 9.17) is 24.7 Å². The molecule has 10 nitrogen and oxygen atoms in total. The summed E-state index contributed by atoms with van der Waals surface area (Å²) in [4.78, 5) is 33.9. The van der Waals surface area contributed by atoms with Crippen molar-refractivity contribution in [2.45, 2.75) is 32.1 Å². The van der Waals surface area contributed by atoms with Gasteiger partial charge in [-0.25, -0.2) is 8.78 Å². The minimum atomic E-state index is -1.40. The maximum absolute atomic E-state index is 15.8. The fourth-order valence-electron chi connectivity index (χ4n) is 6.15. The van der Waals surface area contributed by atoms with Crippen LogP contribution in [0.4, 0.5) is 20.2 Å². The summed E-state index contributed by atoms with van der Waals surface area (Å²) in [6, 6.07) is 12.5. The number of aromatic nitrogens is 1. The number of pyridine rings is 1. The molecule has 3 aromatic carbocycles. The maximum atomic E-state index is 15.8. The van der Waals surface area contributed by atoms with E-state index in [0.29, 0.717) is 48.0 Å². The summed E-state index contributed by atoms with van der Waals surface area (Å²) in [5.41, 5.74) is 5.08. The van der Waals surface area contributed by atoms with Crippen molar-refractivity contribution in [2.24, 2.45) is 11.1 Å². The number of primary amides is 1. The van der Waals surface area contributed by atoms with Gasteiger partial charge in [0.1, 0.15) is 30.2 Å². The highest BCUT2D eigenvalue weighted by Gasteiger charge is 2.57. The van der Waals surface area contributed by atoms with Crippen molar-refractivity contribution in [3.63, 3.8) is 0 Å². The molecule has 2 aliphatic heterocycles. The van der Waals surface area contributed by atoms with Crippen LogP contribution >= 0.6 is 0 Å². The minimum Gasteiger partial charge on any atom is -0.489 e. The lowest BCUT2D eigenvalue weighted by Gasteiger charge is -2.27. The van der Waals surface area contributed by atoms with Gasteiger partial charge in [-0.2, -0.15) is 0 Å². The highest BCUT2D eigenvalue weighted by Crippen LogP contribution is 2.50. The monoisotopic (exact) mass is 644 g/mol. The third-order valence-electron chi connectivity index (χ3n) is 8.83. The van der Waals surface area contributed by atoms with Gasteiger partial charge in [-0.1, -0.05) is 0 Å². The fourth-order valence-corrected chi connectivity index (χ4v) is 6.15. The molecule has 47 heavy (non-hydrogen) atoms. The van der Waals surface area contributed by atoms with Crippen LogP contribution in [0.5, 0.6) is 28.7 Å². The largest absolute Gasteiger partial charge is 0.489 e. The van der Waals surface area contributed by atoms with E-state index in [1.165, 1.54) is 54.1 Å². The zero-order chi connectivity index (χ0) is 32.5. The number of fused-ring (bicyclic) bond motifs is 3. The van der Waals surface area contributed by atoms with Crippen molar-refractivity contribution < 1.29 is 37.3 Å². The van der Waals surface area contributed by atoms with Gasteiger partial charge in [-0.15, -0.1) is 0 Å². The standard InChI is InChI=1S/C35H34F2N4O6/c36-22-4-6-23(7-5-22)41(34(43)35(11-12-35)33(38)42)24-8-9-27(25(37)20-24)47-28-10-13-39-26-21-29(31-32(30(26)28)46-19-18-45-31)44-17-3-16-40-14-1-2-15-40/h4-10,13,20-21H,1-3,11-12,14-19H2,(H2,38,42). The number of nitrogens with two attached hydrogens (primary N) is 1. The molecule has 2 amide bonds. The molecule has 1 saturated carbocycles. The van der Waals surface area contributed by atoms with Gasteiger partial charge in [0, 0.05) is 30.6 Å². The van der Waals surface area contributed by atoms with Crippen LogP contribution in [0.25, 0.3) is 10.9 Å². The van der Waals surface area contributed by atoms with Crippen LogP contribution < -0.4 is 29.6 Å². The second-order valence-electron chi connectivity index (χ2n) is 12.0. The summed E-state index contributed by atoms with van der Waals surface area (Å²) in [5, 5.41) is 0.496. The third kappa shape index (κ3) is 6.00. The number of hydrogen-bond acceptors (Lipinski definition) is 8. The lowest BCUT2D eigenvalue weighted by Crippen LogP contribution is -2.41. The number of benzene rings is 3. The molecule has 2 fully saturated rings. The van der Waals surface area contributed by atoms with Crippen LogP contribution in [0.2, 0.25) is 0 Å². The Morgan fingerprint density at radius 2 is 1.64 bits per heavy atom. The van der Waals surface area contributed by atoms with Crippen LogP contribution in [0.1, 0.15) is 32.1 Å². The summed E-state index contributed by atoms with van der Waals surface area (Å²) in [5.74, 6) is -1.15. The Balaban J connectivity index is 1.17. The number of nitrogens with zero attached hydrogens (tertiary/aromatic N) is 3. The van der Waals surface area contributed by atoms with Crippen LogP contribution in [0.15, 0.2) is 60.8 Å². The summed E-state index contributed by atoms with van der Waals surface area (Å²) in [6.45, 7) is 4.37. The van der Waals surface area contributed by atoms with Gasteiger partial charge in [0.05, 0.1) is 23.2 Å². The van der Waals surface area contributed by atoms with Crippen molar-refractivity contribution in [1.29, 1.82) is 0 Å². The number of halogens is 2. The molecule has 0 atom stereocenters. The molecule has 2 N–H and O–H groups in total. The van der Waals surface area contributed by atoms with Gasteiger partial charge >= 0.3 is 0 Å². The van der Waals surface area contributed by atoms with Crippen molar-refractivity contribution in [3.8, 4) is 28.7 Å². The van der Waals surface area contributed by atoms with Gasteiger partial charge in [0.15, 0.2) is 23.1 Å². The molecular weight excluding hydrogens is 610 g/mol. The Morgan fingerprint density at radius 3 is 2.34 bits per heavy atom. The van der Waals surface area contributed by atoms with Gasteiger partial charge in [-0.3, -0.25) is 19.5 Å². The first kappa shape index (κ1) is 30.7. The van der Waals surface area contributed by atoms with Gasteiger partial charge < -0.3 is 29.6 Å². The number of amides is 2. The van der Waals surface area contributed by atoms with E-state index >= 15 is 4.39 Å². The number of hydrogen-bond donors (Lipinski definition) is 1. The SMILES string of the molecule is NC(=O)C1(C(=O)N(c2ccc(F)cc2)c2ccc(Oc3ccnc4cc(OCCCN5CCCC5)c5c(c34)OCCO5)c(F)c2)CC1. The molecule has 0 bridgehead atoms. The average Bonchev–Trinajstić information content (AvgIpc) is 3.74. The first-order valence-electron chi connectivity index (χ1n) is 15.8. The highest BCUT2D eigenvalue weighted by molar-refractivity contribution is 6.16. The Labute approximate surface area is 270 Å². The molecule has 244 valence electrons. The molecule has 1 aliphatic carbocycles. The third-order valence-corrected chi connectivity index (χ3v) is 8.83. The first-order chi connectivity index (χ1) is 22.8. The van der Waals surface area contributed by atoms with Crippen molar-refractivity contribution in [2.75, 3.05) is 44.4 Å². The summed E-state index contributed by atoms with van der Waals surface area (Å²) >= 11 is 0. The number of carbonyl (C=O) groups is 2. The number of anilines is 2. The maximum Gasteiger partial charge on any atom is 0.247 e. The quantitative estimate of drug-likeness (QED) is 0.159. The van der Waals surface area contributed by atoms with Crippen LogP contribution in [0, 0.1) is 17.0 Å². The van der Waals surface area contributed by atoms with E-state index in [2.05, 4.69) is 9.88 Å². The van der Waals surface area contributed by atoms with Gasteiger partial charge in [-0.05, 0) is 87.7 Å². The lowest BCUT2D eigenvalue weighted by atomic mass is 10.0. The number of carbonyl (C=O) groups excluding carboxylic acids is 2.